The van der Waals surface area contributed by atoms with Gasteiger partial charge in [-0.3, -0.25) is 14.7 Å². The van der Waals surface area contributed by atoms with Crippen molar-refractivity contribution in [1.29, 1.82) is 0 Å². The quantitative estimate of drug-likeness (QED) is 0.129. The smallest absolute Gasteiger partial charge is 0.299 e. The zero-order valence-electron chi connectivity index (χ0n) is 17.2. The number of halogens is 2. The first-order valence-electron chi connectivity index (χ1n) is 9.60. The predicted molar refractivity (Wildman–Crippen MR) is 133 cm³/mol. The Morgan fingerprint density at radius 1 is 1.00 bits per heavy atom. The topological polar surface area (TPSA) is 103 Å². The molecule has 13 heteroatoms. The fourth-order valence-corrected chi connectivity index (χ4v) is 4.57. The van der Waals surface area contributed by atoms with Crippen molar-refractivity contribution < 1.29 is 26.7 Å². The van der Waals surface area contributed by atoms with Crippen LogP contribution in [0, 0.1) is 0 Å². The second kappa shape index (κ2) is 12.8. The molecule has 176 valence electrons. The van der Waals surface area contributed by atoms with Crippen LogP contribution < -0.4 is 15.8 Å². The van der Waals surface area contributed by atoms with Crippen LogP contribution in [0.15, 0.2) is 43.0 Å². The predicted octanol–water partition coefficient (Wildman–Crippen LogP) is 5.15. The number of rotatable bonds is 12. The molecular weight excluding hydrogens is 510 g/mol. The molecule has 0 fully saturated rings. The summed E-state index contributed by atoms with van der Waals surface area (Å²) in [5.41, 5.74) is 5.06. The molecule has 0 radical (unpaired) electrons. The molecule has 2 aromatic rings. The minimum absolute atomic E-state index is 0.0211. The molecule has 0 spiro atoms. The molecule has 0 heterocycles. The van der Waals surface area contributed by atoms with Crippen molar-refractivity contribution in [2.45, 2.75) is 0 Å². The number of nitrogens with two attached hydrogens (primary N) is 1. The average molecular weight is 531 g/mol. The van der Waals surface area contributed by atoms with E-state index >= 15 is 0 Å². The number of carbonyl (C=O) groups is 2. The molecule has 1 aliphatic carbocycles. The third-order valence-electron chi connectivity index (χ3n) is 4.73. The number of hydrogen-bond donors (Lipinski definition) is 3. The summed E-state index contributed by atoms with van der Waals surface area (Å²) in [5.74, 6) is -0.590. The summed E-state index contributed by atoms with van der Waals surface area (Å²) in [6.07, 6.45) is 0. The van der Waals surface area contributed by atoms with E-state index in [0.29, 0.717) is 28.3 Å². The van der Waals surface area contributed by atoms with E-state index in [-0.39, 0.29) is 38.1 Å². The Kier molecular flexibility index (Phi) is 10.1. The molecular formula is C20H21F2N3O4P2S2. The molecule has 0 saturated carbocycles. The van der Waals surface area contributed by atoms with Crippen molar-refractivity contribution in [3.8, 4) is 11.1 Å². The van der Waals surface area contributed by atoms with Gasteiger partial charge in [0.15, 0.2) is 8.09 Å². The third-order valence-corrected chi connectivity index (χ3v) is 6.98. The van der Waals surface area contributed by atoms with E-state index in [1.165, 1.54) is 0 Å². The van der Waals surface area contributed by atoms with Gasteiger partial charge in [-0.15, -0.1) is 0 Å². The summed E-state index contributed by atoms with van der Waals surface area (Å²) >= 11 is 1.23. The minimum Gasteiger partial charge on any atom is -0.350 e. The highest BCUT2D eigenvalue weighted by Crippen LogP contribution is 2.48. The van der Waals surface area contributed by atoms with Crippen LogP contribution >= 0.6 is 39.0 Å². The summed E-state index contributed by atoms with van der Waals surface area (Å²) in [4.78, 5) is 24.9. The maximum atomic E-state index is 13.0. The van der Waals surface area contributed by atoms with Crippen molar-refractivity contribution in [1.82, 2.24) is 10.6 Å². The lowest BCUT2D eigenvalue weighted by molar-refractivity contribution is 0.0940. The first-order chi connectivity index (χ1) is 16.0. The van der Waals surface area contributed by atoms with Gasteiger partial charge in [-0.05, 0) is 52.1 Å². The van der Waals surface area contributed by atoms with Crippen LogP contribution in [0.2, 0.25) is 0 Å². The maximum absolute atomic E-state index is 13.0. The third kappa shape index (κ3) is 6.73. The summed E-state index contributed by atoms with van der Waals surface area (Å²) in [6, 6.07) is 10.6. The number of carbonyl (C=O) groups excluding carboxylic acids is 2. The number of amides is 2. The van der Waals surface area contributed by atoms with Crippen LogP contribution in [0.25, 0.3) is 16.7 Å². The zero-order chi connectivity index (χ0) is 23.8. The Hall–Kier alpha value is -1.58. The number of benzene rings is 2. The van der Waals surface area contributed by atoms with Gasteiger partial charge in [-0.25, -0.2) is 4.20 Å². The molecule has 0 saturated heterocycles. The Morgan fingerprint density at radius 3 is 2.06 bits per heavy atom. The number of fused-ring (bicyclic) bond motifs is 3. The fraction of sp³-hybridized carbons (Fsp3) is 0.200. The first kappa shape index (κ1) is 26.0. The number of hydrogen-bond acceptors (Lipinski definition) is 7. The first-order valence-corrected chi connectivity index (χ1v) is 14.6. The summed E-state index contributed by atoms with van der Waals surface area (Å²) < 4.78 is 34.8. The Morgan fingerprint density at radius 2 is 1.55 bits per heavy atom. The lowest BCUT2D eigenvalue weighted by Gasteiger charge is -2.08. The van der Waals surface area contributed by atoms with Crippen LogP contribution in [-0.4, -0.2) is 38.1 Å². The molecule has 3 rings (SSSR count). The standard InChI is InChI=1S/C20H21F2N3O4P2S2/c1-12-17-10-13(19(26)24-6-8-28-31(22)32-23)2-4-15(17)16-5-3-14(11-18(12)16)20(27)25-7-9-29-33-30-21/h2-5,10-11,30H,1,6-9,23H2,(H,24,26)(H,25,27). The fourth-order valence-electron chi connectivity index (χ4n) is 3.27. The van der Waals surface area contributed by atoms with Gasteiger partial charge >= 0.3 is 0 Å². The van der Waals surface area contributed by atoms with E-state index in [2.05, 4.69) is 17.2 Å². The van der Waals surface area contributed by atoms with Crippen LogP contribution in [0.3, 0.4) is 0 Å². The molecule has 2 aromatic carbocycles. The largest absolute Gasteiger partial charge is 0.350 e. The van der Waals surface area contributed by atoms with E-state index in [1.54, 1.807) is 24.3 Å². The second-order valence-electron chi connectivity index (χ2n) is 6.64. The normalized spacial score (nSPS) is 13.1. The molecule has 2 unspecified atom stereocenters. The molecule has 0 aromatic heterocycles. The van der Waals surface area contributed by atoms with E-state index in [0.717, 1.165) is 33.9 Å². The number of nitrogens with one attached hydrogen (secondary N) is 2. The van der Waals surface area contributed by atoms with Gasteiger partial charge in [-0.1, -0.05) is 18.7 Å². The molecule has 1 aliphatic rings. The van der Waals surface area contributed by atoms with Crippen LogP contribution in [0.1, 0.15) is 31.8 Å². The van der Waals surface area contributed by atoms with Gasteiger partial charge in [0.2, 0.25) is 0 Å². The van der Waals surface area contributed by atoms with Crippen molar-refractivity contribution in [3.63, 3.8) is 0 Å². The highest BCUT2D eigenvalue weighted by atomic mass is 32.7. The summed E-state index contributed by atoms with van der Waals surface area (Å²) in [6.45, 7) is 4.78. The van der Waals surface area contributed by atoms with Crippen LogP contribution in [0.4, 0.5) is 8.39 Å². The molecule has 2 atom stereocenters. The highest BCUT2D eigenvalue weighted by Gasteiger charge is 2.24. The Labute approximate surface area is 201 Å². The van der Waals surface area contributed by atoms with Gasteiger partial charge in [0, 0.05) is 35.8 Å². The molecule has 33 heavy (non-hydrogen) atoms. The maximum Gasteiger partial charge on any atom is 0.299 e. The minimum atomic E-state index is -2.23. The van der Waals surface area contributed by atoms with Gasteiger partial charge in [0.05, 0.1) is 24.9 Å². The highest BCUT2D eigenvalue weighted by molar-refractivity contribution is 8.51. The van der Waals surface area contributed by atoms with Crippen molar-refractivity contribution in [3.05, 3.63) is 65.2 Å². The summed E-state index contributed by atoms with van der Waals surface area (Å²) in [5, 5.41) is 10.5. The van der Waals surface area contributed by atoms with E-state index in [9.17, 15) is 18.0 Å². The van der Waals surface area contributed by atoms with Crippen LogP contribution in [0.5, 0.6) is 0 Å². The molecule has 7 nitrogen and oxygen atoms in total. The van der Waals surface area contributed by atoms with Crippen molar-refractivity contribution >= 4 is 56.4 Å². The molecule has 0 bridgehead atoms. The monoisotopic (exact) mass is 531 g/mol. The molecule has 2 amide bonds. The van der Waals surface area contributed by atoms with Crippen LogP contribution in [-0.2, 0) is 8.71 Å². The van der Waals surface area contributed by atoms with E-state index < -0.39 is 15.8 Å². The second-order valence-corrected chi connectivity index (χ2v) is 10.6. The Balaban J connectivity index is 1.64. The average Bonchev–Trinajstić information content (AvgIpc) is 3.12. The summed E-state index contributed by atoms with van der Waals surface area (Å²) in [7, 11) is -3.09. The van der Waals surface area contributed by atoms with Gasteiger partial charge in [0.1, 0.15) is 0 Å². The van der Waals surface area contributed by atoms with Crippen molar-refractivity contribution in [2.24, 2.45) is 5.14 Å². The Bertz CT molecular complexity index is 1050. The molecule has 4 N–H and O–H groups in total. The van der Waals surface area contributed by atoms with E-state index in [4.69, 9.17) is 13.8 Å². The zero-order valence-corrected chi connectivity index (χ0v) is 20.8. The van der Waals surface area contributed by atoms with E-state index in [1.807, 2.05) is 12.1 Å². The molecule has 0 aliphatic heterocycles. The van der Waals surface area contributed by atoms with Crippen molar-refractivity contribution in [2.75, 3.05) is 26.3 Å². The van der Waals surface area contributed by atoms with Gasteiger partial charge in [0.25, 0.3) is 19.5 Å². The lowest BCUT2D eigenvalue weighted by atomic mass is 10.0. The lowest BCUT2D eigenvalue weighted by Crippen LogP contribution is -2.26. The van der Waals surface area contributed by atoms with Gasteiger partial charge in [-0.2, -0.15) is 4.20 Å². The van der Waals surface area contributed by atoms with Gasteiger partial charge < -0.3 is 19.3 Å². The SMILES string of the molecule is C=C1c2cc(C(=O)NCCOSPF)ccc2-c2ccc(C(=O)NCCOP(F)SN)cc21.